The molecule has 0 aliphatic carbocycles. The average molecular weight is 275 g/mol. The van der Waals surface area contributed by atoms with E-state index in [1.54, 1.807) is 0 Å². The van der Waals surface area contributed by atoms with Crippen LogP contribution >= 0.6 is 0 Å². The summed E-state index contributed by atoms with van der Waals surface area (Å²) < 4.78 is 38.2. The molecule has 3 N–H and O–H groups in total. The van der Waals surface area contributed by atoms with E-state index in [0.717, 1.165) is 19.3 Å². The van der Waals surface area contributed by atoms with Gasteiger partial charge in [0.25, 0.3) is 0 Å². The van der Waals surface area contributed by atoms with Gasteiger partial charge in [0.15, 0.2) is 0 Å². The second-order valence-corrected chi connectivity index (χ2v) is 4.62. The van der Waals surface area contributed by atoms with E-state index < -0.39 is 12.0 Å². The van der Waals surface area contributed by atoms with E-state index in [0.29, 0.717) is 6.54 Å². The lowest BCUT2D eigenvalue weighted by molar-refractivity contribution is -0.144. The lowest BCUT2D eigenvalue weighted by Crippen LogP contribution is -2.38. The molecule has 0 saturated carbocycles. The van der Waals surface area contributed by atoms with Gasteiger partial charge in [-0.25, -0.2) is 15.8 Å². The first-order valence-corrected chi connectivity index (χ1v) is 6.11. The number of hydrogen-bond donors (Lipinski definition) is 2. The average Bonchev–Trinajstić information content (AvgIpc) is 2.37. The van der Waals surface area contributed by atoms with Gasteiger partial charge in [0.1, 0.15) is 11.6 Å². The first-order valence-electron chi connectivity index (χ1n) is 6.11. The lowest BCUT2D eigenvalue weighted by Gasteiger charge is -2.34. The number of anilines is 2. The molecule has 0 amide bonds. The number of alkyl halides is 3. The fourth-order valence-electron chi connectivity index (χ4n) is 2.22. The highest BCUT2D eigenvalue weighted by atomic mass is 19.4. The van der Waals surface area contributed by atoms with Crippen LogP contribution in [-0.4, -0.2) is 22.6 Å². The van der Waals surface area contributed by atoms with Gasteiger partial charge in [-0.05, 0) is 26.2 Å². The van der Waals surface area contributed by atoms with E-state index in [2.05, 4.69) is 15.4 Å². The van der Waals surface area contributed by atoms with Crippen molar-refractivity contribution in [3.8, 4) is 0 Å². The van der Waals surface area contributed by atoms with Crippen LogP contribution in [0, 0.1) is 0 Å². The summed E-state index contributed by atoms with van der Waals surface area (Å²) in [5.74, 6) is 4.23. The van der Waals surface area contributed by atoms with Crippen molar-refractivity contribution >= 4 is 11.6 Å². The number of nitrogen functional groups attached to an aromatic ring is 1. The summed E-state index contributed by atoms with van der Waals surface area (Å²) in [6.45, 7) is 2.67. The van der Waals surface area contributed by atoms with Crippen LogP contribution in [0.1, 0.15) is 32.0 Å². The van der Waals surface area contributed by atoms with Crippen LogP contribution in [0.5, 0.6) is 0 Å². The molecule has 2 heterocycles. The smallest absolute Gasteiger partial charge is 0.354 e. The molecule has 1 saturated heterocycles. The van der Waals surface area contributed by atoms with Gasteiger partial charge in [0.2, 0.25) is 5.82 Å². The van der Waals surface area contributed by atoms with Crippen molar-refractivity contribution in [2.24, 2.45) is 5.84 Å². The Balaban J connectivity index is 2.39. The lowest BCUT2D eigenvalue weighted by atomic mass is 10.0. The molecule has 1 aromatic rings. The Morgan fingerprint density at radius 3 is 2.68 bits per heavy atom. The summed E-state index contributed by atoms with van der Waals surface area (Å²) in [5.41, 5.74) is 2.16. The van der Waals surface area contributed by atoms with Crippen LogP contribution in [0.4, 0.5) is 24.8 Å². The number of nitrogens with zero attached hydrogens (tertiary/aromatic N) is 3. The molecule has 0 bridgehead atoms. The van der Waals surface area contributed by atoms with Gasteiger partial charge < -0.3 is 10.3 Å². The maximum atomic E-state index is 12.7. The van der Waals surface area contributed by atoms with E-state index in [4.69, 9.17) is 5.84 Å². The molecule has 1 aromatic heterocycles. The minimum atomic E-state index is -4.58. The maximum absolute atomic E-state index is 12.7. The monoisotopic (exact) mass is 275 g/mol. The Kier molecular flexibility index (Phi) is 3.79. The topological polar surface area (TPSA) is 67.1 Å². The highest BCUT2D eigenvalue weighted by Gasteiger charge is 2.36. The van der Waals surface area contributed by atoms with E-state index >= 15 is 0 Å². The van der Waals surface area contributed by atoms with Crippen molar-refractivity contribution in [1.29, 1.82) is 0 Å². The van der Waals surface area contributed by atoms with Crippen LogP contribution in [-0.2, 0) is 6.18 Å². The van der Waals surface area contributed by atoms with Gasteiger partial charge in [0.05, 0.1) is 0 Å². The number of hydrazine groups is 1. The first-order chi connectivity index (χ1) is 8.91. The van der Waals surface area contributed by atoms with Crippen molar-refractivity contribution in [3.05, 3.63) is 11.9 Å². The fourth-order valence-corrected chi connectivity index (χ4v) is 2.22. The van der Waals surface area contributed by atoms with Crippen molar-refractivity contribution in [2.45, 2.75) is 38.4 Å². The summed E-state index contributed by atoms with van der Waals surface area (Å²) in [6, 6.07) is 1.60. The van der Waals surface area contributed by atoms with Gasteiger partial charge in [-0.3, -0.25) is 0 Å². The van der Waals surface area contributed by atoms with Crippen LogP contribution in [0.2, 0.25) is 0 Å². The molecule has 0 radical (unpaired) electrons. The molecular weight excluding hydrogens is 259 g/mol. The minimum Gasteiger partial charge on any atom is -0.354 e. The summed E-state index contributed by atoms with van der Waals surface area (Å²) >= 11 is 0. The molecule has 0 spiro atoms. The highest BCUT2D eigenvalue weighted by molar-refractivity contribution is 5.50. The number of halogens is 3. The molecule has 5 nitrogen and oxygen atoms in total. The summed E-state index contributed by atoms with van der Waals surface area (Å²) in [4.78, 5) is 8.83. The molecule has 2 rings (SSSR count). The predicted molar refractivity (Wildman–Crippen MR) is 65.5 cm³/mol. The number of nitrogens with one attached hydrogen (secondary N) is 1. The molecule has 1 fully saturated rings. The summed E-state index contributed by atoms with van der Waals surface area (Å²) in [7, 11) is 0. The molecule has 0 aromatic carbocycles. The Morgan fingerprint density at radius 1 is 1.37 bits per heavy atom. The van der Waals surface area contributed by atoms with Crippen molar-refractivity contribution in [1.82, 2.24) is 9.97 Å². The van der Waals surface area contributed by atoms with E-state index in [1.165, 1.54) is 6.07 Å². The van der Waals surface area contributed by atoms with E-state index in [9.17, 15) is 13.2 Å². The third-order valence-electron chi connectivity index (χ3n) is 3.21. The van der Waals surface area contributed by atoms with Gasteiger partial charge in [-0.15, -0.1) is 0 Å². The third kappa shape index (κ3) is 3.06. The van der Waals surface area contributed by atoms with Gasteiger partial charge in [-0.2, -0.15) is 13.2 Å². The zero-order chi connectivity index (χ0) is 14.0. The van der Waals surface area contributed by atoms with Crippen LogP contribution in [0.3, 0.4) is 0 Å². The Morgan fingerprint density at radius 2 is 2.11 bits per heavy atom. The molecule has 1 aliphatic heterocycles. The predicted octanol–water partition coefficient (Wildman–Crippen LogP) is 2.16. The number of nitrogens with two attached hydrogens (primary N) is 1. The Bertz CT molecular complexity index is 448. The maximum Gasteiger partial charge on any atom is 0.451 e. The van der Waals surface area contributed by atoms with Crippen molar-refractivity contribution < 1.29 is 13.2 Å². The molecule has 1 atom stereocenters. The molecule has 1 unspecified atom stereocenters. The minimum absolute atomic E-state index is 0.0323. The van der Waals surface area contributed by atoms with Gasteiger partial charge in [0, 0.05) is 18.7 Å². The molecular formula is C11H16F3N5. The number of piperidine rings is 1. The first kappa shape index (κ1) is 13.9. The summed E-state index contributed by atoms with van der Waals surface area (Å²) in [5, 5.41) is 0. The molecule has 106 valence electrons. The number of hydrogen-bond acceptors (Lipinski definition) is 5. The molecule has 8 heteroatoms. The second-order valence-electron chi connectivity index (χ2n) is 4.62. The quantitative estimate of drug-likeness (QED) is 0.639. The number of aromatic nitrogens is 2. The fraction of sp³-hybridized carbons (Fsp3) is 0.636. The second kappa shape index (κ2) is 5.20. The molecule has 19 heavy (non-hydrogen) atoms. The van der Waals surface area contributed by atoms with Crippen LogP contribution in [0.15, 0.2) is 6.07 Å². The summed E-state index contributed by atoms with van der Waals surface area (Å²) in [6.07, 6.45) is -1.62. The van der Waals surface area contributed by atoms with Gasteiger partial charge >= 0.3 is 6.18 Å². The SMILES string of the molecule is CC1CCCCN1c1cc(NN)nc(C(F)(F)F)n1. The van der Waals surface area contributed by atoms with E-state index in [1.807, 2.05) is 11.8 Å². The molecule has 1 aliphatic rings. The van der Waals surface area contributed by atoms with E-state index in [-0.39, 0.29) is 17.7 Å². The number of rotatable bonds is 2. The highest BCUT2D eigenvalue weighted by Crippen LogP contribution is 2.31. The largest absolute Gasteiger partial charge is 0.451 e. The zero-order valence-electron chi connectivity index (χ0n) is 10.5. The van der Waals surface area contributed by atoms with Crippen molar-refractivity contribution in [3.63, 3.8) is 0 Å². The third-order valence-corrected chi connectivity index (χ3v) is 3.21. The zero-order valence-corrected chi connectivity index (χ0v) is 10.5. The standard InChI is InChI=1S/C11H16F3N5/c1-7-4-2-3-5-19(7)9-6-8(18-15)16-10(17-9)11(12,13)14/h6-7H,2-5,15H2,1H3,(H,16,17,18). The van der Waals surface area contributed by atoms with Crippen LogP contribution < -0.4 is 16.2 Å². The van der Waals surface area contributed by atoms with Crippen LogP contribution in [0.25, 0.3) is 0 Å². The van der Waals surface area contributed by atoms with Gasteiger partial charge in [-0.1, -0.05) is 0 Å². The Labute approximate surface area is 109 Å². The van der Waals surface area contributed by atoms with Crippen molar-refractivity contribution in [2.75, 3.05) is 16.9 Å². The normalized spacial score (nSPS) is 20.5. The Hall–Kier alpha value is -1.57.